The number of nitrogens with zero attached hydrogens (tertiary/aromatic N) is 2. The minimum absolute atomic E-state index is 0.00626. The second-order valence-corrected chi connectivity index (χ2v) is 6.78. The molecule has 2 aliphatic rings. The third kappa shape index (κ3) is 2.65. The van der Waals surface area contributed by atoms with E-state index >= 15 is 0 Å². The monoisotopic (exact) mass is 315 g/mol. The van der Waals surface area contributed by atoms with Gasteiger partial charge in [0.15, 0.2) is 5.65 Å². The van der Waals surface area contributed by atoms with Crippen LogP contribution in [-0.2, 0) is 7.05 Å². The van der Waals surface area contributed by atoms with Crippen molar-refractivity contribution in [1.82, 2.24) is 20.1 Å². The highest BCUT2D eigenvalue weighted by molar-refractivity contribution is 6.05. The van der Waals surface area contributed by atoms with Crippen molar-refractivity contribution in [1.29, 1.82) is 0 Å². The zero-order valence-corrected chi connectivity index (χ0v) is 13.1. The minimum Gasteiger partial charge on any atom is -0.350 e. The van der Waals surface area contributed by atoms with Crippen molar-refractivity contribution >= 4 is 16.9 Å². The summed E-state index contributed by atoms with van der Waals surface area (Å²) in [7, 11) is 1.73. The van der Waals surface area contributed by atoms with Crippen LogP contribution in [0.2, 0.25) is 0 Å². The Labute approximate surface area is 133 Å². The van der Waals surface area contributed by atoms with E-state index < -0.39 is 0 Å². The Morgan fingerprint density at radius 3 is 2.87 bits per heavy atom. The average molecular weight is 315 g/mol. The third-order valence-electron chi connectivity index (χ3n) is 4.80. The summed E-state index contributed by atoms with van der Waals surface area (Å²) in [4.78, 5) is 29.3. The van der Waals surface area contributed by atoms with Crippen molar-refractivity contribution in [2.75, 3.05) is 6.54 Å². The lowest BCUT2D eigenvalue weighted by Crippen LogP contribution is -2.38. The number of aromatic amines is 1. The highest BCUT2D eigenvalue weighted by atomic mass is 16.2. The van der Waals surface area contributed by atoms with Crippen molar-refractivity contribution in [3.05, 3.63) is 27.7 Å². The van der Waals surface area contributed by atoms with Gasteiger partial charge < -0.3 is 11.1 Å². The van der Waals surface area contributed by atoms with Gasteiger partial charge in [-0.15, -0.1) is 0 Å². The molecule has 1 unspecified atom stereocenters. The number of amides is 1. The first-order chi connectivity index (χ1) is 11.0. The molecule has 4 rings (SSSR count). The van der Waals surface area contributed by atoms with Gasteiger partial charge in [-0.3, -0.25) is 19.4 Å². The third-order valence-corrected chi connectivity index (χ3v) is 4.80. The molecule has 23 heavy (non-hydrogen) atoms. The molecule has 0 aliphatic heterocycles. The number of nitrogens with one attached hydrogen (secondary N) is 2. The van der Waals surface area contributed by atoms with Gasteiger partial charge in [-0.2, -0.15) is 0 Å². The molecule has 1 atom stereocenters. The van der Waals surface area contributed by atoms with Crippen molar-refractivity contribution in [3.8, 4) is 0 Å². The van der Waals surface area contributed by atoms with E-state index in [4.69, 9.17) is 5.73 Å². The molecule has 0 radical (unpaired) electrons. The first-order valence-electron chi connectivity index (χ1n) is 8.18. The van der Waals surface area contributed by atoms with Crippen molar-refractivity contribution in [2.24, 2.45) is 18.7 Å². The van der Waals surface area contributed by atoms with Gasteiger partial charge in [-0.1, -0.05) is 0 Å². The van der Waals surface area contributed by atoms with E-state index in [-0.39, 0.29) is 17.5 Å². The van der Waals surface area contributed by atoms with Gasteiger partial charge in [-0.25, -0.2) is 4.98 Å². The lowest BCUT2D eigenvalue weighted by molar-refractivity contribution is 0.0951. The van der Waals surface area contributed by atoms with E-state index in [1.54, 1.807) is 17.8 Å². The number of fused-ring (bicyclic) bond motifs is 1. The number of aryl methyl sites for hydroxylation is 1. The number of pyridine rings is 1. The summed E-state index contributed by atoms with van der Waals surface area (Å²) in [6, 6.07) is 1.76. The summed E-state index contributed by atoms with van der Waals surface area (Å²) in [6.07, 6.45) is 4.45. The number of hydrogen-bond donors (Lipinski definition) is 3. The molecule has 7 nitrogen and oxygen atoms in total. The summed E-state index contributed by atoms with van der Waals surface area (Å²) in [6.45, 7) is 0.441. The van der Waals surface area contributed by atoms with Crippen LogP contribution in [0.5, 0.6) is 0 Å². The fraction of sp³-hybridized carbons (Fsp3) is 0.562. The van der Waals surface area contributed by atoms with E-state index in [2.05, 4.69) is 15.4 Å². The molecule has 2 heterocycles. The summed E-state index contributed by atoms with van der Waals surface area (Å²) in [5.41, 5.74) is 7.59. The van der Waals surface area contributed by atoms with Crippen molar-refractivity contribution in [3.63, 3.8) is 0 Å². The molecule has 0 aromatic carbocycles. The van der Waals surface area contributed by atoms with Crippen molar-refractivity contribution in [2.45, 2.75) is 37.6 Å². The predicted octanol–water partition coefficient (Wildman–Crippen LogP) is 0.606. The van der Waals surface area contributed by atoms with Gasteiger partial charge in [0, 0.05) is 31.2 Å². The first-order valence-corrected chi connectivity index (χ1v) is 8.18. The van der Waals surface area contributed by atoms with Gasteiger partial charge in [0.05, 0.1) is 10.9 Å². The Morgan fingerprint density at radius 2 is 2.22 bits per heavy atom. The summed E-state index contributed by atoms with van der Waals surface area (Å²) >= 11 is 0. The fourth-order valence-electron chi connectivity index (χ4n) is 3.04. The quantitative estimate of drug-likeness (QED) is 0.751. The summed E-state index contributed by atoms with van der Waals surface area (Å²) in [5.74, 6) is 0.687. The molecule has 0 spiro atoms. The number of H-pyrrole nitrogens is 1. The molecule has 7 heteroatoms. The van der Waals surface area contributed by atoms with Gasteiger partial charge in [0.25, 0.3) is 11.5 Å². The summed E-state index contributed by atoms with van der Waals surface area (Å²) < 4.78 is 1.58. The smallest absolute Gasteiger partial charge is 0.274 e. The van der Waals surface area contributed by atoms with Crippen molar-refractivity contribution < 1.29 is 4.79 Å². The van der Waals surface area contributed by atoms with Gasteiger partial charge >= 0.3 is 0 Å². The van der Waals surface area contributed by atoms with E-state index in [1.165, 1.54) is 0 Å². The molecule has 2 fully saturated rings. The lowest BCUT2D eigenvalue weighted by atomic mass is 10.1. The maximum Gasteiger partial charge on any atom is 0.274 e. The SMILES string of the molecule is Cn1[nH]c(=O)c2c(C(=O)NCC(N)C3CC3)cc(C3CC3)nc21. The normalized spacial score (nSPS) is 19.0. The number of carbonyl (C=O) groups is 1. The van der Waals surface area contributed by atoms with Gasteiger partial charge in [-0.05, 0) is 37.7 Å². The van der Waals surface area contributed by atoms with Crippen LogP contribution < -0.4 is 16.6 Å². The maximum absolute atomic E-state index is 12.6. The number of hydrogen-bond acceptors (Lipinski definition) is 4. The number of carbonyl (C=O) groups excluding carboxylic acids is 1. The molecule has 0 bridgehead atoms. The van der Waals surface area contributed by atoms with Crippen LogP contribution in [0, 0.1) is 5.92 Å². The second-order valence-electron chi connectivity index (χ2n) is 6.78. The minimum atomic E-state index is -0.283. The molecule has 1 amide bonds. The molecule has 2 aliphatic carbocycles. The van der Waals surface area contributed by atoms with Crippen LogP contribution >= 0.6 is 0 Å². The van der Waals surface area contributed by atoms with Gasteiger partial charge in [0.1, 0.15) is 0 Å². The van der Waals surface area contributed by atoms with Crippen LogP contribution in [0.15, 0.2) is 10.9 Å². The van der Waals surface area contributed by atoms with Crippen LogP contribution in [0.4, 0.5) is 0 Å². The lowest BCUT2D eigenvalue weighted by Gasteiger charge is -2.12. The first kappa shape index (κ1) is 14.4. The largest absolute Gasteiger partial charge is 0.350 e. The summed E-state index contributed by atoms with van der Waals surface area (Å²) in [5, 5.41) is 5.92. The Bertz CT molecular complexity index is 829. The van der Waals surface area contributed by atoms with Crippen LogP contribution in [0.1, 0.15) is 47.7 Å². The Hall–Kier alpha value is -2.15. The predicted molar refractivity (Wildman–Crippen MR) is 86.3 cm³/mol. The average Bonchev–Trinajstić information content (AvgIpc) is 3.42. The maximum atomic E-state index is 12.6. The Morgan fingerprint density at radius 1 is 1.48 bits per heavy atom. The molecule has 122 valence electrons. The van der Waals surface area contributed by atoms with Gasteiger partial charge in [0.2, 0.25) is 0 Å². The van der Waals surface area contributed by atoms with E-state index in [0.29, 0.717) is 35.0 Å². The Balaban J connectivity index is 1.68. The molecular formula is C16H21N5O2. The molecule has 2 aromatic rings. The topological polar surface area (TPSA) is 106 Å². The molecule has 0 saturated heterocycles. The molecular weight excluding hydrogens is 294 g/mol. The highest BCUT2D eigenvalue weighted by Gasteiger charge is 2.30. The second kappa shape index (κ2) is 5.19. The van der Waals surface area contributed by atoms with E-state index in [1.807, 2.05) is 0 Å². The molecule has 2 aromatic heterocycles. The van der Waals surface area contributed by atoms with Crippen LogP contribution in [0.25, 0.3) is 11.0 Å². The zero-order valence-electron chi connectivity index (χ0n) is 13.1. The Kier molecular flexibility index (Phi) is 3.26. The van der Waals surface area contributed by atoms with E-state index in [0.717, 1.165) is 31.4 Å². The van der Waals surface area contributed by atoms with Crippen LogP contribution in [-0.4, -0.2) is 33.3 Å². The fourth-order valence-corrected chi connectivity index (χ4v) is 3.04. The number of nitrogens with two attached hydrogens (primary N) is 1. The molecule has 2 saturated carbocycles. The highest BCUT2D eigenvalue weighted by Crippen LogP contribution is 2.40. The molecule has 4 N–H and O–H groups in total. The van der Waals surface area contributed by atoms with Crippen LogP contribution in [0.3, 0.4) is 0 Å². The zero-order chi connectivity index (χ0) is 16.1. The standard InChI is InChI=1S/C16H21N5O2/c1-21-14-13(16(23)20-21)10(6-12(19-14)9-4-5-9)15(22)18-7-11(17)8-2-3-8/h6,8-9,11H,2-5,7,17H2,1H3,(H,18,22)(H,20,23). The van der Waals surface area contributed by atoms with E-state index in [9.17, 15) is 9.59 Å². The number of aromatic nitrogens is 3. The number of rotatable bonds is 5.